The van der Waals surface area contributed by atoms with Crippen molar-refractivity contribution in [2.24, 2.45) is 0 Å². The van der Waals surface area contributed by atoms with Crippen LogP contribution in [0.2, 0.25) is 0 Å². The van der Waals surface area contributed by atoms with Gasteiger partial charge >= 0.3 is 0 Å². The molecular formula is C9H15N3O2S. The van der Waals surface area contributed by atoms with Crippen molar-refractivity contribution in [3.05, 3.63) is 23.8 Å². The first-order valence-corrected chi connectivity index (χ1v) is 5.87. The van der Waals surface area contributed by atoms with Gasteiger partial charge in [0.2, 0.25) is 0 Å². The van der Waals surface area contributed by atoms with Gasteiger partial charge in [-0.2, -0.15) is 0 Å². The van der Waals surface area contributed by atoms with Crippen LogP contribution in [0.4, 0.5) is 5.69 Å². The molecular weight excluding hydrogens is 214 g/mol. The van der Waals surface area contributed by atoms with E-state index in [-0.39, 0.29) is 4.90 Å². The summed E-state index contributed by atoms with van der Waals surface area (Å²) in [7, 11) is -0.290. The summed E-state index contributed by atoms with van der Waals surface area (Å²) in [6, 6.07) is 4.65. The molecule has 0 aliphatic rings. The van der Waals surface area contributed by atoms with Gasteiger partial charge in [0, 0.05) is 19.8 Å². The first-order valence-electron chi connectivity index (χ1n) is 4.39. The van der Waals surface area contributed by atoms with Crippen molar-refractivity contribution in [1.29, 1.82) is 0 Å². The van der Waals surface area contributed by atoms with Crippen LogP contribution in [0, 0.1) is 6.92 Å². The SMILES string of the molecule is Cc1ccc(S(=O)(=O)NN(C)C)cc1N. The molecule has 0 atom stereocenters. The molecule has 1 rings (SSSR count). The molecule has 0 aromatic heterocycles. The molecule has 3 N–H and O–H groups in total. The van der Waals surface area contributed by atoms with Crippen LogP contribution in [-0.4, -0.2) is 27.5 Å². The number of sulfonamides is 1. The number of hydrazine groups is 1. The molecule has 5 nitrogen and oxygen atoms in total. The van der Waals surface area contributed by atoms with E-state index in [1.54, 1.807) is 20.2 Å². The molecule has 1 aromatic carbocycles. The van der Waals surface area contributed by atoms with E-state index in [1.807, 2.05) is 6.92 Å². The molecule has 0 aliphatic carbocycles. The van der Waals surface area contributed by atoms with Gasteiger partial charge in [0.1, 0.15) is 0 Å². The molecule has 0 amide bonds. The van der Waals surface area contributed by atoms with E-state index in [0.29, 0.717) is 5.69 Å². The quantitative estimate of drug-likeness (QED) is 0.578. The van der Waals surface area contributed by atoms with Crippen molar-refractivity contribution in [2.75, 3.05) is 19.8 Å². The number of nitrogen functional groups attached to an aromatic ring is 1. The molecule has 0 bridgehead atoms. The second-order valence-electron chi connectivity index (χ2n) is 3.51. The van der Waals surface area contributed by atoms with E-state index in [2.05, 4.69) is 4.83 Å². The highest BCUT2D eigenvalue weighted by Crippen LogP contribution is 2.16. The Morgan fingerprint density at radius 1 is 1.33 bits per heavy atom. The van der Waals surface area contributed by atoms with E-state index in [1.165, 1.54) is 17.1 Å². The Balaban J connectivity index is 3.11. The average Bonchev–Trinajstić information content (AvgIpc) is 2.07. The fraction of sp³-hybridized carbons (Fsp3) is 0.333. The summed E-state index contributed by atoms with van der Waals surface area (Å²) < 4.78 is 23.4. The van der Waals surface area contributed by atoms with Crippen LogP contribution in [0.25, 0.3) is 0 Å². The predicted octanol–water partition coefficient (Wildman–Crippen LogP) is 0.332. The van der Waals surface area contributed by atoms with Gasteiger partial charge in [-0.05, 0) is 24.6 Å². The molecule has 0 saturated carbocycles. The summed E-state index contributed by atoms with van der Waals surface area (Å²) in [6.45, 7) is 1.82. The lowest BCUT2D eigenvalue weighted by Crippen LogP contribution is -2.36. The zero-order valence-corrected chi connectivity index (χ0v) is 9.80. The Hall–Kier alpha value is -1.11. The van der Waals surface area contributed by atoms with Crippen molar-refractivity contribution in [2.45, 2.75) is 11.8 Å². The van der Waals surface area contributed by atoms with Crippen LogP contribution in [0.1, 0.15) is 5.56 Å². The zero-order valence-electron chi connectivity index (χ0n) is 8.98. The van der Waals surface area contributed by atoms with Gasteiger partial charge in [-0.1, -0.05) is 6.07 Å². The minimum absolute atomic E-state index is 0.166. The Labute approximate surface area is 89.9 Å². The lowest BCUT2D eigenvalue weighted by molar-refractivity contribution is 0.364. The van der Waals surface area contributed by atoms with Crippen molar-refractivity contribution in [3.8, 4) is 0 Å². The maximum absolute atomic E-state index is 11.7. The van der Waals surface area contributed by atoms with Crippen LogP contribution in [0.5, 0.6) is 0 Å². The van der Waals surface area contributed by atoms with E-state index >= 15 is 0 Å². The third-order valence-electron chi connectivity index (χ3n) is 1.86. The second kappa shape index (κ2) is 4.18. The van der Waals surface area contributed by atoms with Gasteiger partial charge < -0.3 is 5.73 Å². The summed E-state index contributed by atoms with van der Waals surface area (Å²) in [5, 5.41) is 1.37. The summed E-state index contributed by atoms with van der Waals surface area (Å²) >= 11 is 0. The number of hydrogen-bond donors (Lipinski definition) is 2. The summed E-state index contributed by atoms with van der Waals surface area (Å²) in [4.78, 5) is 2.50. The van der Waals surface area contributed by atoms with Gasteiger partial charge in [0.15, 0.2) is 0 Å². The smallest absolute Gasteiger partial charge is 0.253 e. The van der Waals surface area contributed by atoms with Gasteiger partial charge in [-0.25, -0.2) is 13.4 Å². The Morgan fingerprint density at radius 3 is 2.40 bits per heavy atom. The van der Waals surface area contributed by atoms with E-state index < -0.39 is 10.0 Å². The van der Waals surface area contributed by atoms with Crippen molar-refractivity contribution < 1.29 is 8.42 Å². The lowest BCUT2D eigenvalue weighted by atomic mass is 10.2. The largest absolute Gasteiger partial charge is 0.398 e. The van der Waals surface area contributed by atoms with Crippen LogP contribution in [0.3, 0.4) is 0 Å². The number of nitrogens with one attached hydrogen (secondary N) is 1. The molecule has 6 heteroatoms. The highest BCUT2D eigenvalue weighted by molar-refractivity contribution is 7.89. The number of rotatable bonds is 3. The average molecular weight is 229 g/mol. The molecule has 0 unspecified atom stereocenters. The zero-order chi connectivity index (χ0) is 11.6. The van der Waals surface area contributed by atoms with Crippen LogP contribution < -0.4 is 10.6 Å². The molecule has 15 heavy (non-hydrogen) atoms. The van der Waals surface area contributed by atoms with Gasteiger partial charge in [-0.15, -0.1) is 4.83 Å². The minimum atomic E-state index is -3.50. The molecule has 0 fully saturated rings. The summed E-state index contributed by atoms with van der Waals surface area (Å²) in [6.07, 6.45) is 0. The molecule has 0 spiro atoms. The monoisotopic (exact) mass is 229 g/mol. The van der Waals surface area contributed by atoms with Crippen LogP contribution in [0.15, 0.2) is 23.1 Å². The highest BCUT2D eigenvalue weighted by atomic mass is 32.2. The number of hydrogen-bond acceptors (Lipinski definition) is 4. The van der Waals surface area contributed by atoms with Crippen LogP contribution >= 0.6 is 0 Å². The van der Waals surface area contributed by atoms with Gasteiger partial charge in [0.25, 0.3) is 10.0 Å². The fourth-order valence-corrected chi connectivity index (χ4v) is 2.19. The van der Waals surface area contributed by atoms with Crippen molar-refractivity contribution in [3.63, 3.8) is 0 Å². The number of nitrogens with two attached hydrogens (primary N) is 1. The summed E-state index contributed by atoms with van der Waals surface area (Å²) in [5.74, 6) is 0. The van der Waals surface area contributed by atoms with Crippen molar-refractivity contribution in [1.82, 2.24) is 9.84 Å². The number of nitrogens with zero attached hydrogens (tertiary/aromatic N) is 1. The van der Waals surface area contributed by atoms with Gasteiger partial charge in [0.05, 0.1) is 4.90 Å². The lowest BCUT2D eigenvalue weighted by Gasteiger charge is -2.13. The first-order chi connectivity index (χ1) is 6.83. The predicted molar refractivity (Wildman–Crippen MR) is 59.6 cm³/mol. The number of benzene rings is 1. The third kappa shape index (κ3) is 2.92. The molecule has 84 valence electrons. The molecule has 0 radical (unpaired) electrons. The van der Waals surface area contributed by atoms with Gasteiger partial charge in [-0.3, -0.25) is 0 Å². The first kappa shape index (κ1) is 12.0. The van der Waals surface area contributed by atoms with Crippen molar-refractivity contribution >= 4 is 15.7 Å². The molecule has 0 aliphatic heterocycles. The fourth-order valence-electron chi connectivity index (χ4n) is 1.08. The normalized spacial score (nSPS) is 12.0. The minimum Gasteiger partial charge on any atom is -0.398 e. The Kier molecular flexibility index (Phi) is 3.33. The third-order valence-corrected chi connectivity index (χ3v) is 3.34. The molecule has 0 heterocycles. The van der Waals surface area contributed by atoms with Crippen LogP contribution in [-0.2, 0) is 10.0 Å². The molecule has 0 saturated heterocycles. The highest BCUT2D eigenvalue weighted by Gasteiger charge is 2.15. The van der Waals surface area contributed by atoms with E-state index in [4.69, 9.17) is 5.73 Å². The number of aryl methyl sites for hydroxylation is 1. The summed E-state index contributed by atoms with van der Waals surface area (Å²) in [5.41, 5.74) is 6.97. The second-order valence-corrected chi connectivity index (χ2v) is 5.17. The Morgan fingerprint density at radius 2 is 1.93 bits per heavy atom. The maximum Gasteiger partial charge on any atom is 0.253 e. The number of anilines is 1. The van der Waals surface area contributed by atoms with E-state index in [9.17, 15) is 8.42 Å². The van der Waals surface area contributed by atoms with E-state index in [0.717, 1.165) is 5.56 Å². The maximum atomic E-state index is 11.7. The Bertz CT molecular complexity index is 454. The topological polar surface area (TPSA) is 75.4 Å². The standard InChI is InChI=1S/C9H15N3O2S/c1-7-4-5-8(6-9(7)10)15(13,14)11-12(2)3/h4-6,11H,10H2,1-3H3. The molecule has 1 aromatic rings.